The Labute approximate surface area is 138 Å². The highest BCUT2D eigenvalue weighted by atomic mass is 16.6. The fourth-order valence-electron chi connectivity index (χ4n) is 2.58. The van der Waals surface area contributed by atoms with Crippen LogP contribution in [0.2, 0.25) is 0 Å². The van der Waals surface area contributed by atoms with Crippen LogP contribution in [0.25, 0.3) is 0 Å². The smallest absolute Gasteiger partial charge is 0.416 e. The molecular formula is C18H27N3O2. The minimum Gasteiger partial charge on any atom is -0.443 e. The fourth-order valence-corrected chi connectivity index (χ4v) is 2.58. The molecule has 1 aliphatic heterocycles. The first-order valence-corrected chi connectivity index (χ1v) is 8.30. The molecule has 0 saturated heterocycles. The number of carbonyl (C=O) groups excluding carboxylic acids is 1. The first-order valence-electron chi connectivity index (χ1n) is 8.30. The van der Waals surface area contributed by atoms with Crippen molar-refractivity contribution in [3.63, 3.8) is 0 Å². The first kappa shape index (κ1) is 17.4. The lowest BCUT2D eigenvalue weighted by Crippen LogP contribution is -2.42. The van der Waals surface area contributed by atoms with Gasteiger partial charge in [0.25, 0.3) is 0 Å². The standard InChI is InChI=1S/C18H27N3O2/c1-13(2)21(17(22)23-18(3,4)5)16-14(9-8-12-20-16)15-10-6-7-11-19-15/h8-9,12-13H,6-7,10-11H2,1-5H3. The van der Waals surface area contributed by atoms with E-state index in [0.717, 1.165) is 37.1 Å². The summed E-state index contributed by atoms with van der Waals surface area (Å²) < 4.78 is 5.57. The summed E-state index contributed by atoms with van der Waals surface area (Å²) in [6, 6.07) is 3.83. The Morgan fingerprint density at radius 2 is 2.04 bits per heavy atom. The topological polar surface area (TPSA) is 54.8 Å². The molecule has 5 nitrogen and oxygen atoms in total. The lowest BCUT2D eigenvalue weighted by Gasteiger charge is -2.30. The molecule has 0 bridgehead atoms. The maximum Gasteiger partial charge on any atom is 0.416 e. The summed E-state index contributed by atoms with van der Waals surface area (Å²) in [5, 5.41) is 0. The summed E-state index contributed by atoms with van der Waals surface area (Å²) in [5.41, 5.74) is 1.43. The van der Waals surface area contributed by atoms with Crippen LogP contribution in [0, 0.1) is 0 Å². The number of amides is 1. The lowest BCUT2D eigenvalue weighted by atomic mass is 10.0. The van der Waals surface area contributed by atoms with Gasteiger partial charge in [-0.2, -0.15) is 0 Å². The van der Waals surface area contributed by atoms with Crippen molar-refractivity contribution >= 4 is 17.6 Å². The molecule has 0 spiro atoms. The Morgan fingerprint density at radius 3 is 2.61 bits per heavy atom. The molecule has 2 rings (SSSR count). The number of carbonyl (C=O) groups is 1. The van der Waals surface area contributed by atoms with Gasteiger partial charge in [0, 0.05) is 30.1 Å². The number of anilines is 1. The van der Waals surface area contributed by atoms with E-state index in [1.54, 1.807) is 11.1 Å². The second kappa shape index (κ2) is 7.11. The summed E-state index contributed by atoms with van der Waals surface area (Å²) >= 11 is 0. The van der Waals surface area contributed by atoms with Crippen molar-refractivity contribution in [2.24, 2.45) is 4.99 Å². The zero-order valence-electron chi connectivity index (χ0n) is 14.8. The minimum absolute atomic E-state index is 0.0531. The van der Waals surface area contributed by atoms with Gasteiger partial charge in [-0.15, -0.1) is 0 Å². The van der Waals surface area contributed by atoms with Crippen molar-refractivity contribution in [3.05, 3.63) is 23.9 Å². The molecule has 0 saturated carbocycles. The van der Waals surface area contributed by atoms with Gasteiger partial charge in [-0.25, -0.2) is 9.78 Å². The Kier molecular flexibility index (Phi) is 5.39. The monoisotopic (exact) mass is 317 g/mol. The molecule has 0 N–H and O–H groups in total. The third kappa shape index (κ3) is 4.53. The number of pyridine rings is 1. The zero-order chi connectivity index (χ0) is 17.0. The van der Waals surface area contributed by atoms with Crippen LogP contribution in [0.4, 0.5) is 10.6 Å². The van der Waals surface area contributed by atoms with E-state index in [4.69, 9.17) is 4.74 Å². The summed E-state index contributed by atoms with van der Waals surface area (Å²) in [7, 11) is 0. The summed E-state index contributed by atoms with van der Waals surface area (Å²) in [5.74, 6) is 0.636. The van der Waals surface area contributed by atoms with Crippen molar-refractivity contribution < 1.29 is 9.53 Å². The molecule has 0 fully saturated rings. The van der Waals surface area contributed by atoms with E-state index in [9.17, 15) is 4.79 Å². The molecule has 0 unspecified atom stereocenters. The normalized spacial score (nSPS) is 15.3. The van der Waals surface area contributed by atoms with Gasteiger partial charge in [-0.05, 0) is 66.0 Å². The number of ether oxygens (including phenoxy) is 1. The van der Waals surface area contributed by atoms with Gasteiger partial charge < -0.3 is 4.74 Å². The Morgan fingerprint density at radius 1 is 1.30 bits per heavy atom. The van der Waals surface area contributed by atoms with Crippen LogP contribution >= 0.6 is 0 Å². The second-order valence-electron chi connectivity index (χ2n) is 7.10. The molecule has 1 aliphatic rings. The fraction of sp³-hybridized carbons (Fsp3) is 0.611. The van der Waals surface area contributed by atoms with E-state index in [-0.39, 0.29) is 12.1 Å². The highest BCUT2D eigenvalue weighted by molar-refractivity contribution is 6.07. The van der Waals surface area contributed by atoms with E-state index >= 15 is 0 Å². The summed E-state index contributed by atoms with van der Waals surface area (Å²) in [4.78, 5) is 23.4. The molecular weight excluding hydrogens is 290 g/mol. The van der Waals surface area contributed by atoms with Gasteiger partial charge in [-0.3, -0.25) is 9.89 Å². The van der Waals surface area contributed by atoms with Crippen molar-refractivity contribution in [1.29, 1.82) is 0 Å². The van der Waals surface area contributed by atoms with E-state index in [1.807, 2.05) is 46.8 Å². The Balaban J connectivity index is 2.40. The summed E-state index contributed by atoms with van der Waals surface area (Å²) in [6.07, 6.45) is 4.52. The average molecular weight is 317 g/mol. The van der Waals surface area contributed by atoms with E-state index in [0.29, 0.717) is 5.82 Å². The largest absolute Gasteiger partial charge is 0.443 e. The molecule has 0 radical (unpaired) electrons. The molecule has 0 atom stereocenters. The van der Waals surface area contributed by atoms with Gasteiger partial charge >= 0.3 is 6.09 Å². The van der Waals surface area contributed by atoms with Crippen molar-refractivity contribution in [1.82, 2.24) is 4.98 Å². The highest BCUT2D eigenvalue weighted by Gasteiger charge is 2.29. The quantitative estimate of drug-likeness (QED) is 0.839. The van der Waals surface area contributed by atoms with Crippen molar-refractivity contribution in [3.8, 4) is 0 Å². The molecule has 0 aromatic carbocycles. The predicted molar refractivity (Wildman–Crippen MR) is 93.3 cm³/mol. The SMILES string of the molecule is CC(C)N(C(=O)OC(C)(C)C)c1ncccc1C1=NCCCC1. The maximum atomic E-state index is 12.7. The summed E-state index contributed by atoms with van der Waals surface area (Å²) in [6.45, 7) is 10.4. The van der Waals surface area contributed by atoms with Gasteiger partial charge in [-0.1, -0.05) is 0 Å². The minimum atomic E-state index is -0.540. The van der Waals surface area contributed by atoms with E-state index < -0.39 is 5.60 Å². The zero-order valence-corrected chi connectivity index (χ0v) is 14.8. The van der Waals surface area contributed by atoms with Crippen LogP contribution in [0.1, 0.15) is 59.4 Å². The lowest BCUT2D eigenvalue weighted by molar-refractivity contribution is 0.0569. The van der Waals surface area contributed by atoms with E-state index in [2.05, 4.69) is 9.98 Å². The molecule has 1 aromatic rings. The first-order chi connectivity index (χ1) is 10.8. The van der Waals surface area contributed by atoms with Crippen molar-refractivity contribution in [2.45, 2.75) is 65.5 Å². The number of nitrogens with zero attached hydrogens (tertiary/aromatic N) is 3. The Hall–Kier alpha value is -1.91. The Bertz CT molecular complexity index is 588. The molecule has 23 heavy (non-hydrogen) atoms. The average Bonchev–Trinajstić information content (AvgIpc) is 2.46. The van der Waals surface area contributed by atoms with Crippen LogP contribution in [0.5, 0.6) is 0 Å². The van der Waals surface area contributed by atoms with Gasteiger partial charge in [0.05, 0.1) is 0 Å². The van der Waals surface area contributed by atoms with Crippen molar-refractivity contribution in [2.75, 3.05) is 11.4 Å². The molecule has 0 aliphatic carbocycles. The highest BCUT2D eigenvalue weighted by Crippen LogP contribution is 2.26. The molecule has 1 aromatic heterocycles. The number of rotatable bonds is 3. The molecule has 2 heterocycles. The van der Waals surface area contributed by atoms with Crippen LogP contribution in [0.3, 0.4) is 0 Å². The number of aliphatic imine (C=N–C) groups is 1. The van der Waals surface area contributed by atoms with Gasteiger partial charge in [0.1, 0.15) is 11.4 Å². The van der Waals surface area contributed by atoms with E-state index in [1.165, 1.54) is 0 Å². The predicted octanol–water partition coefficient (Wildman–Crippen LogP) is 4.20. The van der Waals surface area contributed by atoms with Gasteiger partial charge in [0.2, 0.25) is 0 Å². The van der Waals surface area contributed by atoms with Crippen LogP contribution in [-0.2, 0) is 4.74 Å². The molecule has 1 amide bonds. The molecule has 5 heteroatoms. The number of aromatic nitrogens is 1. The van der Waals surface area contributed by atoms with Gasteiger partial charge in [0.15, 0.2) is 0 Å². The third-order valence-corrected chi connectivity index (χ3v) is 3.56. The number of hydrogen-bond donors (Lipinski definition) is 0. The molecule has 126 valence electrons. The third-order valence-electron chi connectivity index (χ3n) is 3.56. The second-order valence-corrected chi connectivity index (χ2v) is 7.10. The van der Waals surface area contributed by atoms with Crippen LogP contribution in [0.15, 0.2) is 23.3 Å². The van der Waals surface area contributed by atoms with Crippen LogP contribution in [-0.4, -0.2) is 35.0 Å². The maximum absolute atomic E-state index is 12.7. The van der Waals surface area contributed by atoms with Crippen LogP contribution < -0.4 is 4.90 Å². The number of hydrogen-bond acceptors (Lipinski definition) is 4.